The van der Waals surface area contributed by atoms with Crippen LogP contribution in [0.4, 0.5) is 0 Å². The van der Waals surface area contributed by atoms with E-state index in [0.717, 1.165) is 56.3 Å². The van der Waals surface area contributed by atoms with Gasteiger partial charge >= 0.3 is 0 Å². The Hall–Kier alpha value is -3.28. The summed E-state index contributed by atoms with van der Waals surface area (Å²) in [5.41, 5.74) is 1.42. The molecular formula is C30H37NO5. The van der Waals surface area contributed by atoms with Gasteiger partial charge in [-0.05, 0) is 75.1 Å². The number of ether oxygens (including phenoxy) is 2. The molecule has 0 bridgehead atoms. The number of benzene rings is 2. The van der Waals surface area contributed by atoms with E-state index in [9.17, 15) is 14.7 Å². The number of likely N-dealkylation sites (tertiary alicyclic amines) is 1. The Morgan fingerprint density at radius 2 is 1.61 bits per heavy atom. The zero-order valence-electron chi connectivity index (χ0n) is 21.5. The van der Waals surface area contributed by atoms with E-state index in [1.54, 1.807) is 29.2 Å². The standard InChI is InChI=1S/C30H37NO5/c1-4-5-8-19-35-24-15-13-22(14-16-24)28(32)26-27(21-11-17-25(18-12-21)36-20(2)3)31(30(34)29(26)33)23-9-6-7-10-23/h11-18,20,23,27,32H,4-10,19H2,1-3H3/b28-26-. The normalized spacial score (nSPS) is 19.9. The molecule has 1 saturated carbocycles. The SMILES string of the molecule is CCCCCOc1ccc(/C(O)=C2/C(=O)C(=O)N(C3CCCC3)C2c2ccc(OC(C)C)cc2)cc1. The third-order valence-corrected chi connectivity index (χ3v) is 6.91. The molecule has 0 spiro atoms. The van der Waals surface area contributed by atoms with Gasteiger partial charge in [0.25, 0.3) is 11.7 Å². The lowest BCUT2D eigenvalue weighted by Gasteiger charge is -2.31. The van der Waals surface area contributed by atoms with Gasteiger partial charge in [-0.2, -0.15) is 0 Å². The third-order valence-electron chi connectivity index (χ3n) is 6.91. The van der Waals surface area contributed by atoms with Crippen molar-refractivity contribution >= 4 is 17.4 Å². The maximum Gasteiger partial charge on any atom is 0.295 e. The largest absolute Gasteiger partial charge is 0.507 e. The van der Waals surface area contributed by atoms with Crippen molar-refractivity contribution < 1.29 is 24.2 Å². The number of hydrogen-bond donors (Lipinski definition) is 1. The van der Waals surface area contributed by atoms with Crippen molar-refractivity contribution in [3.63, 3.8) is 0 Å². The Labute approximate surface area is 213 Å². The van der Waals surface area contributed by atoms with Crippen LogP contribution >= 0.6 is 0 Å². The molecule has 6 nitrogen and oxygen atoms in total. The summed E-state index contributed by atoms with van der Waals surface area (Å²) >= 11 is 0. The van der Waals surface area contributed by atoms with Crippen molar-refractivity contribution in [1.29, 1.82) is 0 Å². The smallest absolute Gasteiger partial charge is 0.295 e. The minimum Gasteiger partial charge on any atom is -0.507 e. The van der Waals surface area contributed by atoms with Crippen molar-refractivity contribution in [3.05, 3.63) is 65.2 Å². The summed E-state index contributed by atoms with van der Waals surface area (Å²) in [6, 6.07) is 13.9. The minimum atomic E-state index is -0.633. The number of carbonyl (C=O) groups is 2. The molecule has 36 heavy (non-hydrogen) atoms. The van der Waals surface area contributed by atoms with Crippen molar-refractivity contribution in [1.82, 2.24) is 4.90 Å². The van der Waals surface area contributed by atoms with E-state index in [0.29, 0.717) is 17.9 Å². The summed E-state index contributed by atoms with van der Waals surface area (Å²) < 4.78 is 11.6. The molecule has 2 aromatic rings. The first-order chi connectivity index (χ1) is 17.4. The Morgan fingerprint density at radius 3 is 2.22 bits per heavy atom. The van der Waals surface area contributed by atoms with Gasteiger partial charge in [0.1, 0.15) is 17.3 Å². The highest BCUT2D eigenvalue weighted by atomic mass is 16.5. The van der Waals surface area contributed by atoms with Crippen LogP contribution in [0.2, 0.25) is 0 Å². The monoisotopic (exact) mass is 491 g/mol. The van der Waals surface area contributed by atoms with Crippen LogP contribution in [0.25, 0.3) is 5.76 Å². The summed E-state index contributed by atoms with van der Waals surface area (Å²) in [4.78, 5) is 28.2. The van der Waals surface area contributed by atoms with Crippen LogP contribution in [0.3, 0.4) is 0 Å². The first-order valence-corrected chi connectivity index (χ1v) is 13.2. The molecule has 0 aromatic heterocycles. The zero-order valence-corrected chi connectivity index (χ0v) is 21.5. The van der Waals surface area contributed by atoms with Gasteiger partial charge in [-0.25, -0.2) is 0 Å². The van der Waals surface area contributed by atoms with Crippen LogP contribution in [-0.2, 0) is 9.59 Å². The fraction of sp³-hybridized carbons (Fsp3) is 0.467. The number of rotatable bonds is 10. The maximum absolute atomic E-state index is 13.3. The van der Waals surface area contributed by atoms with Crippen LogP contribution < -0.4 is 9.47 Å². The van der Waals surface area contributed by atoms with E-state index >= 15 is 0 Å². The van der Waals surface area contributed by atoms with Crippen LogP contribution in [0.15, 0.2) is 54.1 Å². The Bertz CT molecular complexity index is 1080. The highest BCUT2D eigenvalue weighted by Gasteiger charge is 2.49. The molecule has 1 aliphatic carbocycles. The fourth-order valence-electron chi connectivity index (χ4n) is 5.14. The molecule has 1 amide bonds. The molecule has 2 aliphatic rings. The average Bonchev–Trinajstić information content (AvgIpc) is 3.49. The molecular weight excluding hydrogens is 454 g/mol. The number of unbranched alkanes of at least 4 members (excludes halogenated alkanes) is 2. The van der Waals surface area contributed by atoms with Gasteiger partial charge in [0, 0.05) is 11.6 Å². The average molecular weight is 492 g/mol. The molecule has 192 valence electrons. The minimum absolute atomic E-state index is 0.0118. The van der Waals surface area contributed by atoms with E-state index in [4.69, 9.17) is 9.47 Å². The Morgan fingerprint density at radius 1 is 0.972 bits per heavy atom. The number of nitrogens with zero attached hydrogens (tertiary/aromatic N) is 1. The number of carbonyl (C=O) groups excluding carboxylic acids is 2. The van der Waals surface area contributed by atoms with E-state index in [2.05, 4.69) is 6.92 Å². The molecule has 1 N–H and O–H groups in total. The van der Waals surface area contributed by atoms with Crippen molar-refractivity contribution in [3.8, 4) is 11.5 Å². The van der Waals surface area contributed by atoms with E-state index in [1.807, 2.05) is 38.1 Å². The van der Waals surface area contributed by atoms with Crippen molar-refractivity contribution in [2.75, 3.05) is 6.61 Å². The number of amides is 1. The van der Waals surface area contributed by atoms with Crippen molar-refractivity contribution in [2.24, 2.45) is 0 Å². The van der Waals surface area contributed by atoms with E-state index in [-0.39, 0.29) is 23.5 Å². The predicted molar refractivity (Wildman–Crippen MR) is 140 cm³/mol. The fourth-order valence-corrected chi connectivity index (χ4v) is 5.14. The Kier molecular flexibility index (Phi) is 8.34. The molecule has 1 saturated heterocycles. The Balaban J connectivity index is 1.68. The molecule has 6 heteroatoms. The lowest BCUT2D eigenvalue weighted by Crippen LogP contribution is -2.37. The van der Waals surface area contributed by atoms with Gasteiger partial charge < -0.3 is 19.5 Å². The highest BCUT2D eigenvalue weighted by molar-refractivity contribution is 6.46. The zero-order chi connectivity index (χ0) is 25.7. The lowest BCUT2D eigenvalue weighted by atomic mass is 9.94. The molecule has 4 rings (SSSR count). The summed E-state index contributed by atoms with van der Waals surface area (Å²) in [6.07, 6.45) is 7.06. The van der Waals surface area contributed by atoms with Gasteiger partial charge in [-0.3, -0.25) is 9.59 Å². The first-order valence-electron chi connectivity index (χ1n) is 13.2. The second-order valence-corrected chi connectivity index (χ2v) is 9.96. The highest BCUT2D eigenvalue weighted by Crippen LogP contribution is 2.43. The molecule has 2 fully saturated rings. The molecule has 1 atom stereocenters. The van der Waals surface area contributed by atoms with Crippen LogP contribution in [0.1, 0.15) is 82.9 Å². The van der Waals surface area contributed by atoms with E-state index in [1.165, 1.54) is 0 Å². The van der Waals surface area contributed by atoms with E-state index < -0.39 is 17.7 Å². The summed E-state index contributed by atoms with van der Waals surface area (Å²) in [7, 11) is 0. The second-order valence-electron chi connectivity index (χ2n) is 9.96. The molecule has 1 heterocycles. The lowest BCUT2D eigenvalue weighted by molar-refractivity contribution is -0.141. The van der Waals surface area contributed by atoms with Crippen LogP contribution in [0.5, 0.6) is 11.5 Å². The molecule has 0 radical (unpaired) electrons. The molecule has 2 aromatic carbocycles. The van der Waals surface area contributed by atoms with Crippen LogP contribution in [-0.4, -0.2) is 40.4 Å². The number of aliphatic hydroxyl groups excluding tert-OH is 1. The second kappa shape index (κ2) is 11.6. The topological polar surface area (TPSA) is 76.1 Å². The summed E-state index contributed by atoms with van der Waals surface area (Å²) in [5.74, 6) is 0.116. The van der Waals surface area contributed by atoms with Gasteiger partial charge in [0.05, 0.1) is 24.3 Å². The number of ketones is 1. The van der Waals surface area contributed by atoms with Crippen LogP contribution in [0, 0.1) is 0 Å². The first kappa shape index (κ1) is 25.8. The molecule has 1 unspecified atom stereocenters. The van der Waals surface area contributed by atoms with Gasteiger partial charge in [0.2, 0.25) is 0 Å². The molecule has 1 aliphatic heterocycles. The summed E-state index contributed by atoms with van der Waals surface area (Å²) in [5, 5.41) is 11.3. The van der Waals surface area contributed by atoms with Gasteiger partial charge in [-0.1, -0.05) is 44.7 Å². The predicted octanol–water partition coefficient (Wildman–Crippen LogP) is 6.41. The number of aliphatic hydroxyl groups is 1. The third kappa shape index (κ3) is 5.58. The maximum atomic E-state index is 13.3. The summed E-state index contributed by atoms with van der Waals surface area (Å²) in [6.45, 7) is 6.71. The van der Waals surface area contributed by atoms with Gasteiger partial charge in [-0.15, -0.1) is 0 Å². The number of hydrogen-bond acceptors (Lipinski definition) is 5. The van der Waals surface area contributed by atoms with Gasteiger partial charge in [0.15, 0.2) is 0 Å². The quantitative estimate of drug-likeness (QED) is 0.180. The van der Waals surface area contributed by atoms with Crippen molar-refractivity contribution in [2.45, 2.75) is 83.9 Å². The number of Topliss-reactive ketones (excluding diaryl/α,β-unsaturated/α-hetero) is 1.